The van der Waals surface area contributed by atoms with Crippen LogP contribution in [-0.2, 0) is 14.6 Å². The minimum absolute atomic E-state index is 0.0454. The number of hydrogen-bond acceptors (Lipinski definition) is 4. The predicted octanol–water partition coefficient (Wildman–Crippen LogP) is 2.82. The van der Waals surface area contributed by atoms with Crippen molar-refractivity contribution in [3.63, 3.8) is 0 Å². The average Bonchev–Trinajstić information content (AvgIpc) is 3.28. The predicted molar refractivity (Wildman–Crippen MR) is 102 cm³/mol. The lowest BCUT2D eigenvalue weighted by molar-refractivity contribution is -0.118. The number of fused-ring (bicyclic) bond motifs is 1. The highest BCUT2D eigenvalue weighted by molar-refractivity contribution is 8.16. The Kier molecular flexibility index (Phi) is 4.19. The molecule has 3 fully saturated rings. The number of aliphatic imine (C=N–C) groups is 1. The quantitative estimate of drug-likeness (QED) is 0.809. The van der Waals surface area contributed by atoms with Crippen molar-refractivity contribution in [2.45, 2.75) is 43.9 Å². The van der Waals surface area contributed by atoms with Crippen LogP contribution < -0.4 is 4.90 Å². The van der Waals surface area contributed by atoms with Crippen LogP contribution in [0.15, 0.2) is 29.3 Å². The van der Waals surface area contributed by atoms with Crippen molar-refractivity contribution < 1.29 is 13.2 Å². The molecule has 0 bridgehead atoms. The van der Waals surface area contributed by atoms with Gasteiger partial charge >= 0.3 is 0 Å². The molecule has 0 spiro atoms. The fraction of sp³-hybridized carbons (Fsp3) is 0.556. The summed E-state index contributed by atoms with van der Waals surface area (Å²) in [7, 11) is -3.04. The highest BCUT2D eigenvalue weighted by Crippen LogP contribution is 2.43. The first-order chi connectivity index (χ1) is 11.9. The smallest absolute Gasteiger partial charge is 0.251 e. The van der Waals surface area contributed by atoms with Crippen LogP contribution in [0.25, 0.3) is 0 Å². The van der Waals surface area contributed by atoms with Crippen LogP contribution in [0, 0.1) is 5.92 Å². The zero-order chi connectivity index (χ0) is 17.8. The summed E-state index contributed by atoms with van der Waals surface area (Å²) >= 11 is 1.46. The molecule has 4 rings (SSSR count). The number of para-hydroxylation sites is 1. The van der Waals surface area contributed by atoms with Gasteiger partial charge in [-0.1, -0.05) is 43.8 Å². The second kappa shape index (κ2) is 6.13. The Morgan fingerprint density at radius 2 is 1.96 bits per heavy atom. The molecule has 134 valence electrons. The second-order valence-corrected chi connectivity index (χ2v) is 10.8. The van der Waals surface area contributed by atoms with E-state index in [2.05, 4.69) is 24.9 Å². The highest BCUT2D eigenvalue weighted by Gasteiger charge is 2.50. The Morgan fingerprint density at radius 1 is 1.24 bits per heavy atom. The first-order valence-corrected chi connectivity index (χ1v) is 11.4. The summed E-state index contributed by atoms with van der Waals surface area (Å²) in [6.07, 6.45) is 1.84. The number of hydrogen-bond donors (Lipinski definition) is 0. The third-order valence-electron chi connectivity index (χ3n) is 5.02. The fourth-order valence-corrected chi connectivity index (χ4v) is 7.47. The van der Waals surface area contributed by atoms with Gasteiger partial charge in [0, 0.05) is 16.9 Å². The number of thioether (sulfide) groups is 1. The molecule has 0 radical (unpaired) electrons. The Balaban J connectivity index is 1.78. The zero-order valence-corrected chi connectivity index (χ0v) is 16.0. The Bertz CT molecular complexity index is 844. The van der Waals surface area contributed by atoms with E-state index in [0.717, 1.165) is 24.1 Å². The SMILES string of the molecule is CC(C)c1ccccc1N1C(=NC(=O)C2CC2)S[C@@H]2CS(=O)(=O)C[C@H]21. The normalized spacial score (nSPS) is 29.4. The van der Waals surface area contributed by atoms with E-state index in [9.17, 15) is 13.2 Å². The van der Waals surface area contributed by atoms with Crippen molar-refractivity contribution in [2.24, 2.45) is 10.9 Å². The number of amides is 1. The summed E-state index contributed by atoms with van der Waals surface area (Å²) in [5.74, 6) is 0.614. The molecule has 1 aromatic rings. The Hall–Kier alpha value is -1.34. The molecule has 1 amide bonds. The van der Waals surface area contributed by atoms with Gasteiger partial charge in [0.15, 0.2) is 15.0 Å². The molecule has 1 aromatic carbocycles. The van der Waals surface area contributed by atoms with Gasteiger partial charge in [-0.2, -0.15) is 4.99 Å². The number of benzene rings is 1. The fourth-order valence-electron chi connectivity index (χ4n) is 3.56. The molecule has 1 saturated carbocycles. The lowest BCUT2D eigenvalue weighted by Gasteiger charge is -2.28. The maximum absolute atomic E-state index is 12.3. The molecule has 5 nitrogen and oxygen atoms in total. The largest absolute Gasteiger partial charge is 0.315 e. The molecule has 25 heavy (non-hydrogen) atoms. The molecule has 2 saturated heterocycles. The summed E-state index contributed by atoms with van der Waals surface area (Å²) in [5, 5.41) is 0.630. The summed E-state index contributed by atoms with van der Waals surface area (Å²) in [6, 6.07) is 7.91. The Labute approximate surface area is 152 Å². The van der Waals surface area contributed by atoms with E-state index in [4.69, 9.17) is 0 Å². The van der Waals surface area contributed by atoms with Crippen molar-refractivity contribution in [1.82, 2.24) is 0 Å². The van der Waals surface area contributed by atoms with Crippen molar-refractivity contribution >= 4 is 38.4 Å². The van der Waals surface area contributed by atoms with Gasteiger partial charge in [0.2, 0.25) is 0 Å². The number of carbonyl (C=O) groups excluding carboxylic acids is 1. The van der Waals surface area contributed by atoms with Crippen molar-refractivity contribution in [2.75, 3.05) is 16.4 Å². The van der Waals surface area contributed by atoms with E-state index in [0.29, 0.717) is 11.1 Å². The third-order valence-corrected chi connectivity index (χ3v) is 8.23. The van der Waals surface area contributed by atoms with Gasteiger partial charge in [-0.15, -0.1) is 0 Å². The molecule has 2 aliphatic heterocycles. The number of amidine groups is 1. The van der Waals surface area contributed by atoms with E-state index in [-0.39, 0.29) is 34.6 Å². The standard InChI is InChI=1S/C18H22N2O3S2/c1-11(2)13-5-3-4-6-14(13)20-15-9-25(22,23)10-16(15)24-18(20)19-17(21)12-7-8-12/h3-6,11-12,15-16H,7-10H2,1-2H3/t15-,16-/m1/s1. The average molecular weight is 379 g/mol. The van der Waals surface area contributed by atoms with E-state index < -0.39 is 9.84 Å². The van der Waals surface area contributed by atoms with Gasteiger partial charge in [-0.3, -0.25) is 4.79 Å². The number of nitrogens with zero attached hydrogens (tertiary/aromatic N) is 2. The Morgan fingerprint density at radius 3 is 2.64 bits per heavy atom. The third kappa shape index (κ3) is 3.24. The van der Waals surface area contributed by atoms with Gasteiger partial charge in [-0.25, -0.2) is 8.42 Å². The molecule has 7 heteroatoms. The first-order valence-electron chi connectivity index (χ1n) is 8.73. The van der Waals surface area contributed by atoms with Crippen LogP contribution in [0.5, 0.6) is 0 Å². The summed E-state index contributed by atoms with van der Waals surface area (Å²) in [4.78, 5) is 18.7. The number of anilines is 1. The van der Waals surface area contributed by atoms with Crippen LogP contribution in [-0.4, -0.2) is 42.3 Å². The maximum Gasteiger partial charge on any atom is 0.251 e. The highest BCUT2D eigenvalue weighted by atomic mass is 32.2. The molecule has 2 heterocycles. The van der Waals surface area contributed by atoms with Crippen LogP contribution >= 0.6 is 11.8 Å². The van der Waals surface area contributed by atoms with Crippen LogP contribution in [0.1, 0.15) is 38.2 Å². The molecular weight excluding hydrogens is 356 g/mol. The topological polar surface area (TPSA) is 66.8 Å². The van der Waals surface area contributed by atoms with Gasteiger partial charge < -0.3 is 4.90 Å². The summed E-state index contributed by atoms with van der Waals surface area (Å²) in [6.45, 7) is 4.24. The molecule has 0 N–H and O–H groups in total. The van der Waals surface area contributed by atoms with Gasteiger partial charge in [-0.05, 0) is 30.4 Å². The number of sulfone groups is 1. The molecule has 0 unspecified atom stereocenters. The number of carbonyl (C=O) groups is 1. The van der Waals surface area contributed by atoms with E-state index in [1.54, 1.807) is 0 Å². The van der Waals surface area contributed by atoms with Gasteiger partial charge in [0.25, 0.3) is 5.91 Å². The zero-order valence-electron chi connectivity index (χ0n) is 14.4. The van der Waals surface area contributed by atoms with E-state index in [1.807, 2.05) is 23.1 Å². The number of rotatable bonds is 3. The van der Waals surface area contributed by atoms with Gasteiger partial charge in [0.1, 0.15) is 0 Å². The molecule has 3 aliphatic rings. The van der Waals surface area contributed by atoms with Crippen molar-refractivity contribution in [3.8, 4) is 0 Å². The maximum atomic E-state index is 12.3. The summed E-state index contributed by atoms with van der Waals surface area (Å²) < 4.78 is 24.3. The first kappa shape index (κ1) is 17.1. The minimum atomic E-state index is -3.04. The van der Waals surface area contributed by atoms with Crippen LogP contribution in [0.2, 0.25) is 0 Å². The molecule has 2 atom stereocenters. The molecular formula is C18H22N2O3S2. The summed E-state index contributed by atoms with van der Waals surface area (Å²) in [5.41, 5.74) is 2.14. The minimum Gasteiger partial charge on any atom is -0.315 e. The monoisotopic (exact) mass is 378 g/mol. The molecule has 1 aliphatic carbocycles. The van der Waals surface area contributed by atoms with E-state index >= 15 is 0 Å². The van der Waals surface area contributed by atoms with E-state index in [1.165, 1.54) is 11.8 Å². The second-order valence-electron chi connectivity index (χ2n) is 7.39. The molecule has 0 aromatic heterocycles. The van der Waals surface area contributed by atoms with Gasteiger partial charge in [0.05, 0.1) is 17.5 Å². The lowest BCUT2D eigenvalue weighted by Crippen LogP contribution is -2.38. The van der Waals surface area contributed by atoms with Crippen molar-refractivity contribution in [1.29, 1.82) is 0 Å². The van der Waals surface area contributed by atoms with Crippen LogP contribution in [0.3, 0.4) is 0 Å². The van der Waals surface area contributed by atoms with Crippen LogP contribution in [0.4, 0.5) is 5.69 Å². The lowest BCUT2D eigenvalue weighted by atomic mass is 9.99. The van der Waals surface area contributed by atoms with Crippen molar-refractivity contribution in [3.05, 3.63) is 29.8 Å².